The van der Waals surface area contributed by atoms with E-state index in [1.807, 2.05) is 64.6 Å². The van der Waals surface area contributed by atoms with Gasteiger partial charge in [-0.05, 0) is 66.4 Å². The van der Waals surface area contributed by atoms with Crippen molar-refractivity contribution in [3.63, 3.8) is 0 Å². The van der Waals surface area contributed by atoms with Crippen molar-refractivity contribution in [1.29, 1.82) is 0 Å². The quantitative estimate of drug-likeness (QED) is 0.503. The van der Waals surface area contributed by atoms with Gasteiger partial charge in [0.2, 0.25) is 5.91 Å². The normalized spacial score (nSPS) is 17.9. The maximum Gasteiger partial charge on any atom is 0.232 e. The summed E-state index contributed by atoms with van der Waals surface area (Å²) in [4.78, 5) is 15.5. The van der Waals surface area contributed by atoms with E-state index in [1.165, 1.54) is 0 Å². The van der Waals surface area contributed by atoms with Crippen LogP contribution in [0.4, 0.5) is 11.4 Å². The predicted molar refractivity (Wildman–Crippen MR) is 139 cm³/mol. The van der Waals surface area contributed by atoms with Crippen LogP contribution in [0.25, 0.3) is 0 Å². The molecule has 6 nitrogen and oxygen atoms in total. The number of rotatable bonds is 7. The van der Waals surface area contributed by atoms with Gasteiger partial charge in [0, 0.05) is 18.4 Å². The molecule has 0 bridgehead atoms. The summed E-state index contributed by atoms with van der Waals surface area (Å²) in [6.07, 6.45) is 5.32. The molecule has 0 aliphatic carbocycles. The van der Waals surface area contributed by atoms with Gasteiger partial charge in [-0.1, -0.05) is 43.3 Å². The van der Waals surface area contributed by atoms with E-state index in [2.05, 4.69) is 43.5 Å². The lowest BCUT2D eigenvalue weighted by atomic mass is 9.86. The topological polar surface area (TPSA) is 54.0 Å². The number of hydrogen-bond donors (Lipinski definition) is 1. The number of benzene rings is 3. The summed E-state index contributed by atoms with van der Waals surface area (Å²) in [6.45, 7) is 4.96. The van der Waals surface area contributed by atoms with E-state index in [0.717, 1.165) is 41.0 Å². The Hall–Kier alpha value is -3.77. The van der Waals surface area contributed by atoms with Gasteiger partial charge in [-0.3, -0.25) is 9.80 Å². The van der Waals surface area contributed by atoms with E-state index in [-0.39, 0.29) is 18.1 Å². The Morgan fingerprint density at radius 2 is 1.77 bits per heavy atom. The molecular weight excluding hydrogens is 438 g/mol. The number of nitrogens with one attached hydrogen (secondary N) is 1. The SMILES string of the molecule is CCC(C)Oc1cc2c(cc1OC)CC(=O)N(c1ccc(N3C=CCN3)cc1)C2c1ccccc1. The fourth-order valence-corrected chi connectivity index (χ4v) is 4.68. The van der Waals surface area contributed by atoms with Gasteiger partial charge in [-0.15, -0.1) is 0 Å². The maximum atomic E-state index is 13.6. The molecular formula is C29H31N3O3. The molecule has 6 heteroatoms. The molecule has 2 unspecified atom stereocenters. The summed E-state index contributed by atoms with van der Waals surface area (Å²) in [5.41, 5.74) is 8.25. The highest BCUT2D eigenvalue weighted by Gasteiger charge is 2.36. The lowest BCUT2D eigenvalue weighted by molar-refractivity contribution is -0.118. The van der Waals surface area contributed by atoms with Crippen molar-refractivity contribution in [2.24, 2.45) is 0 Å². The summed E-state index contributed by atoms with van der Waals surface area (Å²) in [5, 5.41) is 1.98. The third-order valence-electron chi connectivity index (χ3n) is 6.65. The molecule has 0 aromatic heterocycles. The maximum absolute atomic E-state index is 13.6. The zero-order valence-corrected chi connectivity index (χ0v) is 20.4. The number of ether oxygens (including phenoxy) is 2. The Morgan fingerprint density at radius 1 is 1.03 bits per heavy atom. The number of nitrogens with zero attached hydrogens (tertiary/aromatic N) is 2. The van der Waals surface area contributed by atoms with E-state index in [4.69, 9.17) is 9.47 Å². The molecule has 180 valence electrons. The summed E-state index contributed by atoms with van der Waals surface area (Å²) in [5.74, 6) is 1.42. The van der Waals surface area contributed by atoms with Crippen LogP contribution in [0.2, 0.25) is 0 Å². The van der Waals surface area contributed by atoms with E-state index in [0.29, 0.717) is 17.9 Å². The lowest BCUT2D eigenvalue weighted by Gasteiger charge is -2.38. The minimum Gasteiger partial charge on any atom is -0.493 e. The van der Waals surface area contributed by atoms with Gasteiger partial charge < -0.3 is 14.4 Å². The number of hydrogen-bond acceptors (Lipinski definition) is 5. The van der Waals surface area contributed by atoms with E-state index in [9.17, 15) is 4.79 Å². The summed E-state index contributed by atoms with van der Waals surface area (Å²) in [7, 11) is 1.64. The van der Waals surface area contributed by atoms with Crippen molar-refractivity contribution in [2.75, 3.05) is 23.6 Å². The van der Waals surface area contributed by atoms with Gasteiger partial charge >= 0.3 is 0 Å². The molecule has 1 N–H and O–H groups in total. The van der Waals surface area contributed by atoms with Crippen LogP contribution in [0.1, 0.15) is 43.0 Å². The summed E-state index contributed by atoms with van der Waals surface area (Å²) < 4.78 is 11.9. The molecule has 35 heavy (non-hydrogen) atoms. The molecule has 0 fully saturated rings. The molecule has 2 atom stereocenters. The van der Waals surface area contributed by atoms with Crippen LogP contribution >= 0.6 is 0 Å². The average molecular weight is 470 g/mol. The van der Waals surface area contributed by atoms with Crippen LogP contribution in [-0.4, -0.2) is 25.7 Å². The van der Waals surface area contributed by atoms with Gasteiger partial charge in [-0.2, -0.15) is 0 Å². The predicted octanol–water partition coefficient (Wildman–Crippen LogP) is 5.39. The highest BCUT2D eigenvalue weighted by atomic mass is 16.5. The molecule has 0 radical (unpaired) electrons. The Morgan fingerprint density at radius 3 is 2.43 bits per heavy atom. The fourth-order valence-electron chi connectivity index (χ4n) is 4.68. The fraction of sp³-hybridized carbons (Fsp3) is 0.276. The number of amides is 1. The molecule has 3 aromatic carbocycles. The number of carbonyl (C=O) groups is 1. The first-order valence-electron chi connectivity index (χ1n) is 12.1. The van der Waals surface area contributed by atoms with Gasteiger partial charge in [-0.25, -0.2) is 5.43 Å². The second kappa shape index (κ2) is 9.84. The lowest BCUT2D eigenvalue weighted by Crippen LogP contribution is -2.41. The highest BCUT2D eigenvalue weighted by molar-refractivity contribution is 5.98. The molecule has 0 saturated heterocycles. The second-order valence-electron chi connectivity index (χ2n) is 8.93. The van der Waals surface area contributed by atoms with Crippen molar-refractivity contribution in [2.45, 2.75) is 38.8 Å². The van der Waals surface area contributed by atoms with E-state index >= 15 is 0 Å². The second-order valence-corrected chi connectivity index (χ2v) is 8.93. The van der Waals surface area contributed by atoms with Gasteiger partial charge in [0.25, 0.3) is 0 Å². The molecule has 2 heterocycles. The molecule has 2 aliphatic heterocycles. The number of carbonyl (C=O) groups excluding carboxylic acids is 1. The van der Waals surface area contributed by atoms with Crippen molar-refractivity contribution in [3.8, 4) is 11.5 Å². The standard InChI is InChI=1S/C29H31N3O3/c1-4-20(2)35-27-19-25-22(17-26(27)34-3)18-28(33)32(29(25)21-9-6-5-7-10-21)24-13-11-23(12-14-24)31-16-8-15-30-31/h5-14,16-17,19-20,29-30H,4,15,18H2,1-3H3. The third-order valence-corrected chi connectivity index (χ3v) is 6.65. The highest BCUT2D eigenvalue weighted by Crippen LogP contribution is 2.43. The Kier molecular flexibility index (Phi) is 6.47. The summed E-state index contributed by atoms with van der Waals surface area (Å²) >= 11 is 0. The van der Waals surface area contributed by atoms with Crippen LogP contribution in [0, 0.1) is 0 Å². The molecule has 5 rings (SSSR count). The number of methoxy groups -OCH3 is 1. The van der Waals surface area contributed by atoms with E-state index in [1.54, 1.807) is 7.11 Å². The zero-order chi connectivity index (χ0) is 24.4. The van der Waals surface area contributed by atoms with Crippen LogP contribution in [0.3, 0.4) is 0 Å². The minimum atomic E-state index is -0.270. The number of fused-ring (bicyclic) bond motifs is 1. The van der Waals surface area contributed by atoms with Crippen LogP contribution in [0.5, 0.6) is 11.5 Å². The van der Waals surface area contributed by atoms with Crippen molar-refractivity contribution in [3.05, 3.63) is 95.7 Å². The molecule has 0 spiro atoms. The summed E-state index contributed by atoms with van der Waals surface area (Å²) in [6, 6.07) is 22.0. The van der Waals surface area contributed by atoms with Crippen LogP contribution in [0.15, 0.2) is 79.0 Å². The molecule has 0 saturated carbocycles. The minimum absolute atomic E-state index is 0.0518. The number of anilines is 2. The first kappa shape index (κ1) is 23.0. The first-order valence-corrected chi connectivity index (χ1v) is 12.1. The van der Waals surface area contributed by atoms with Crippen molar-refractivity contribution in [1.82, 2.24) is 5.43 Å². The van der Waals surface area contributed by atoms with Crippen LogP contribution in [-0.2, 0) is 11.2 Å². The number of hydrazine groups is 1. The smallest absolute Gasteiger partial charge is 0.232 e. The van der Waals surface area contributed by atoms with Gasteiger partial charge in [0.05, 0.1) is 31.4 Å². The Balaban J connectivity index is 1.60. The van der Waals surface area contributed by atoms with Gasteiger partial charge in [0.15, 0.2) is 11.5 Å². The average Bonchev–Trinajstić information content (AvgIpc) is 3.43. The van der Waals surface area contributed by atoms with Crippen molar-refractivity contribution >= 4 is 17.3 Å². The molecule has 2 aliphatic rings. The molecule has 1 amide bonds. The van der Waals surface area contributed by atoms with E-state index < -0.39 is 0 Å². The Bertz CT molecular complexity index is 1220. The third kappa shape index (κ3) is 4.49. The monoisotopic (exact) mass is 469 g/mol. The first-order chi connectivity index (χ1) is 17.1. The molecule has 3 aromatic rings. The Labute approximate surface area is 206 Å². The van der Waals surface area contributed by atoms with Gasteiger partial charge in [0.1, 0.15) is 0 Å². The zero-order valence-electron chi connectivity index (χ0n) is 20.4. The van der Waals surface area contributed by atoms with Crippen molar-refractivity contribution < 1.29 is 14.3 Å². The van der Waals surface area contributed by atoms with Crippen LogP contribution < -0.4 is 24.8 Å². The largest absolute Gasteiger partial charge is 0.493 e.